The highest BCUT2D eigenvalue weighted by atomic mass is 16.5. The number of hydrogen-bond acceptors (Lipinski definition) is 4. The number of hydrogen-bond donors (Lipinski definition) is 0. The maximum Gasteiger partial charge on any atom is 0.177 e. The zero-order valence-electron chi connectivity index (χ0n) is 15.3. The summed E-state index contributed by atoms with van der Waals surface area (Å²) in [6.45, 7) is 2.92. The fraction of sp³-hybridized carbons (Fsp3) is 0.217. The first-order valence-electron chi connectivity index (χ1n) is 9.24. The van der Waals surface area contributed by atoms with Crippen LogP contribution >= 0.6 is 0 Å². The van der Waals surface area contributed by atoms with Crippen LogP contribution in [0.1, 0.15) is 16.7 Å². The molecule has 4 heteroatoms. The fourth-order valence-electron chi connectivity index (χ4n) is 3.92. The van der Waals surface area contributed by atoms with Crippen molar-refractivity contribution in [3.63, 3.8) is 0 Å². The maximum atomic E-state index is 6.08. The molecule has 2 aromatic heterocycles. The number of ether oxygens (including phenoxy) is 1. The third-order valence-electron chi connectivity index (χ3n) is 5.33. The van der Waals surface area contributed by atoms with E-state index in [1.54, 1.807) is 13.4 Å². The molecule has 0 N–H and O–H groups in total. The van der Waals surface area contributed by atoms with Crippen molar-refractivity contribution in [3.05, 3.63) is 77.6 Å². The number of nitrogens with zero attached hydrogens (tertiary/aromatic N) is 1. The van der Waals surface area contributed by atoms with Crippen LogP contribution in [0, 0.1) is 0 Å². The summed E-state index contributed by atoms with van der Waals surface area (Å²) in [5.74, 6) is 2.20. The lowest BCUT2D eigenvalue weighted by atomic mass is 9.99. The van der Waals surface area contributed by atoms with Crippen LogP contribution in [0.4, 0.5) is 0 Å². The van der Waals surface area contributed by atoms with Gasteiger partial charge in [0.25, 0.3) is 0 Å². The first-order chi connectivity index (χ1) is 13.3. The van der Waals surface area contributed by atoms with Gasteiger partial charge in [0, 0.05) is 25.0 Å². The van der Waals surface area contributed by atoms with Crippen LogP contribution in [0.2, 0.25) is 0 Å². The number of fused-ring (bicyclic) bond motifs is 2. The summed E-state index contributed by atoms with van der Waals surface area (Å²) in [6, 6.07) is 18.7. The van der Waals surface area contributed by atoms with Gasteiger partial charge in [0.2, 0.25) is 0 Å². The third kappa shape index (κ3) is 2.92. The molecule has 0 fully saturated rings. The molecule has 3 heterocycles. The third-order valence-corrected chi connectivity index (χ3v) is 5.33. The van der Waals surface area contributed by atoms with E-state index >= 15 is 0 Å². The largest absolute Gasteiger partial charge is 0.493 e. The second-order valence-electron chi connectivity index (χ2n) is 6.99. The highest BCUT2D eigenvalue weighted by molar-refractivity contribution is 5.89. The lowest BCUT2D eigenvalue weighted by molar-refractivity contribution is 0.246. The summed E-state index contributed by atoms with van der Waals surface area (Å²) in [6.07, 6.45) is 2.75. The Balaban J connectivity index is 1.50. The minimum Gasteiger partial charge on any atom is -0.493 e. The highest BCUT2D eigenvalue weighted by Gasteiger charge is 2.20. The molecule has 0 bridgehead atoms. The molecule has 5 rings (SSSR count). The number of rotatable bonds is 4. The molecular formula is C23H21NO3. The van der Waals surface area contributed by atoms with Gasteiger partial charge in [-0.3, -0.25) is 4.90 Å². The molecule has 136 valence electrons. The van der Waals surface area contributed by atoms with Crippen molar-refractivity contribution >= 4 is 11.0 Å². The lowest BCUT2D eigenvalue weighted by Crippen LogP contribution is -2.30. The normalized spacial score (nSPS) is 14.4. The van der Waals surface area contributed by atoms with Crippen LogP contribution in [-0.4, -0.2) is 18.6 Å². The van der Waals surface area contributed by atoms with E-state index < -0.39 is 0 Å². The number of furan rings is 2. The van der Waals surface area contributed by atoms with E-state index in [4.69, 9.17) is 13.6 Å². The Bertz CT molecular complexity index is 1080. The second-order valence-corrected chi connectivity index (χ2v) is 6.99. The maximum absolute atomic E-state index is 6.08. The minimum absolute atomic E-state index is 0.727. The Labute approximate surface area is 158 Å². The molecule has 0 aliphatic carbocycles. The van der Waals surface area contributed by atoms with Gasteiger partial charge in [-0.25, -0.2) is 0 Å². The zero-order valence-corrected chi connectivity index (χ0v) is 15.3. The van der Waals surface area contributed by atoms with Crippen molar-refractivity contribution in [2.24, 2.45) is 0 Å². The van der Waals surface area contributed by atoms with Crippen molar-refractivity contribution in [2.75, 3.05) is 13.7 Å². The minimum atomic E-state index is 0.727. The van der Waals surface area contributed by atoms with Gasteiger partial charge in [-0.2, -0.15) is 0 Å². The van der Waals surface area contributed by atoms with Crippen LogP contribution in [0.5, 0.6) is 5.75 Å². The van der Waals surface area contributed by atoms with Gasteiger partial charge in [-0.15, -0.1) is 0 Å². The lowest BCUT2D eigenvalue weighted by Gasteiger charge is -2.29. The summed E-state index contributed by atoms with van der Waals surface area (Å²) in [4.78, 5) is 2.49. The molecule has 0 atom stereocenters. The molecular weight excluding hydrogens is 338 g/mol. The van der Waals surface area contributed by atoms with Crippen LogP contribution in [0.15, 0.2) is 69.7 Å². The summed E-state index contributed by atoms with van der Waals surface area (Å²) >= 11 is 0. The van der Waals surface area contributed by atoms with Gasteiger partial charge in [0.05, 0.1) is 13.4 Å². The molecule has 0 unspecified atom stereocenters. The van der Waals surface area contributed by atoms with Crippen molar-refractivity contribution < 1.29 is 13.6 Å². The first kappa shape index (κ1) is 16.2. The van der Waals surface area contributed by atoms with E-state index in [1.165, 1.54) is 16.7 Å². The van der Waals surface area contributed by atoms with Crippen LogP contribution in [0.25, 0.3) is 22.5 Å². The average molecular weight is 359 g/mol. The SMILES string of the molecule is COc1ccc(CN2CCc3ccccc3C2)c2cc(-c3ccco3)oc12. The molecule has 4 nitrogen and oxygen atoms in total. The van der Waals surface area contributed by atoms with Gasteiger partial charge in [0.15, 0.2) is 22.9 Å². The molecule has 0 amide bonds. The van der Waals surface area contributed by atoms with E-state index in [9.17, 15) is 0 Å². The van der Waals surface area contributed by atoms with Crippen molar-refractivity contribution in [3.8, 4) is 17.3 Å². The Morgan fingerprint density at radius 1 is 1.00 bits per heavy atom. The predicted molar refractivity (Wildman–Crippen MR) is 105 cm³/mol. The van der Waals surface area contributed by atoms with Gasteiger partial charge in [0.1, 0.15) is 0 Å². The van der Waals surface area contributed by atoms with Crippen molar-refractivity contribution in [1.29, 1.82) is 0 Å². The molecule has 0 radical (unpaired) electrons. The number of benzene rings is 2. The van der Waals surface area contributed by atoms with E-state index in [2.05, 4.69) is 41.3 Å². The first-order valence-corrected chi connectivity index (χ1v) is 9.24. The van der Waals surface area contributed by atoms with E-state index in [1.807, 2.05) is 18.2 Å². The Morgan fingerprint density at radius 3 is 2.70 bits per heavy atom. The van der Waals surface area contributed by atoms with E-state index in [-0.39, 0.29) is 0 Å². The van der Waals surface area contributed by atoms with E-state index in [0.29, 0.717) is 0 Å². The molecule has 0 saturated heterocycles. The molecule has 2 aromatic carbocycles. The van der Waals surface area contributed by atoms with Crippen LogP contribution in [-0.2, 0) is 19.5 Å². The Hall–Kier alpha value is -2.98. The molecule has 27 heavy (non-hydrogen) atoms. The van der Waals surface area contributed by atoms with Crippen molar-refractivity contribution in [2.45, 2.75) is 19.5 Å². The van der Waals surface area contributed by atoms with Gasteiger partial charge in [-0.1, -0.05) is 30.3 Å². The smallest absolute Gasteiger partial charge is 0.177 e. The van der Waals surface area contributed by atoms with Crippen LogP contribution < -0.4 is 4.74 Å². The fourth-order valence-corrected chi connectivity index (χ4v) is 3.92. The summed E-state index contributed by atoms with van der Waals surface area (Å²) in [7, 11) is 1.67. The monoisotopic (exact) mass is 359 g/mol. The average Bonchev–Trinajstić information content (AvgIpc) is 3.38. The highest BCUT2D eigenvalue weighted by Crippen LogP contribution is 2.36. The van der Waals surface area contributed by atoms with Crippen molar-refractivity contribution in [1.82, 2.24) is 4.90 Å². The summed E-state index contributed by atoms with van der Waals surface area (Å²) in [5, 5.41) is 1.08. The molecule has 1 aliphatic rings. The molecule has 0 saturated carbocycles. The zero-order chi connectivity index (χ0) is 18.2. The molecule has 1 aliphatic heterocycles. The Morgan fingerprint density at radius 2 is 1.89 bits per heavy atom. The molecule has 0 spiro atoms. The van der Waals surface area contributed by atoms with Gasteiger partial charge >= 0.3 is 0 Å². The quantitative estimate of drug-likeness (QED) is 0.498. The standard InChI is InChI=1S/C23H21NO3/c1-25-21-9-8-18(15-24-11-10-16-5-2-3-6-17(16)14-24)19-13-22(27-23(19)21)20-7-4-12-26-20/h2-9,12-13H,10-11,14-15H2,1H3. The van der Waals surface area contributed by atoms with Gasteiger partial charge in [-0.05, 0) is 47.4 Å². The second kappa shape index (κ2) is 6.63. The molecule has 4 aromatic rings. The Kier molecular flexibility index (Phi) is 3.98. The van der Waals surface area contributed by atoms with Gasteiger partial charge < -0.3 is 13.6 Å². The number of methoxy groups -OCH3 is 1. The predicted octanol–water partition coefficient (Wildman–Crippen LogP) is 5.26. The summed E-state index contributed by atoms with van der Waals surface area (Å²) in [5.41, 5.74) is 4.92. The topological polar surface area (TPSA) is 38.8 Å². The van der Waals surface area contributed by atoms with Crippen LogP contribution in [0.3, 0.4) is 0 Å². The summed E-state index contributed by atoms with van der Waals surface area (Å²) < 4.78 is 17.1. The van der Waals surface area contributed by atoms with E-state index in [0.717, 1.165) is 54.3 Å².